The summed E-state index contributed by atoms with van der Waals surface area (Å²) in [6.07, 6.45) is 5.66. The lowest BCUT2D eigenvalue weighted by molar-refractivity contribution is 0.104. The Balaban J connectivity index is 2.23. The lowest BCUT2D eigenvalue weighted by atomic mass is 10.1. The summed E-state index contributed by atoms with van der Waals surface area (Å²) in [5.41, 5.74) is 0. The molecule has 1 aromatic rings. The molecule has 0 aliphatic rings. The van der Waals surface area contributed by atoms with Crippen LogP contribution in [0.15, 0.2) is 12.4 Å². The number of aromatic nitrogens is 2. The summed E-state index contributed by atoms with van der Waals surface area (Å²) in [7, 11) is 3.61. The van der Waals surface area contributed by atoms with Gasteiger partial charge in [0.25, 0.3) is 0 Å². The number of aryl methyl sites for hydroxylation is 2. The lowest BCUT2D eigenvalue weighted by Crippen LogP contribution is -2.12. The number of hydrogen-bond acceptors (Lipinski definition) is 3. The first-order valence-electron chi connectivity index (χ1n) is 4.87. The van der Waals surface area contributed by atoms with Crippen molar-refractivity contribution < 1.29 is 9.84 Å². The van der Waals surface area contributed by atoms with E-state index in [1.54, 1.807) is 13.3 Å². The topological polar surface area (TPSA) is 47.3 Å². The van der Waals surface area contributed by atoms with Gasteiger partial charge in [-0.25, -0.2) is 4.98 Å². The summed E-state index contributed by atoms with van der Waals surface area (Å²) in [6.45, 7) is 0.613. The molecule has 0 saturated heterocycles. The van der Waals surface area contributed by atoms with Gasteiger partial charge in [-0.05, 0) is 12.8 Å². The molecule has 0 aromatic carbocycles. The van der Waals surface area contributed by atoms with Gasteiger partial charge in [0.05, 0.1) is 6.10 Å². The number of aliphatic hydroxyl groups excluding tert-OH is 1. The van der Waals surface area contributed by atoms with Gasteiger partial charge in [-0.15, -0.1) is 0 Å². The monoisotopic (exact) mass is 198 g/mol. The Morgan fingerprint density at radius 3 is 2.93 bits per heavy atom. The molecule has 0 saturated carbocycles. The van der Waals surface area contributed by atoms with Crippen molar-refractivity contribution >= 4 is 0 Å². The summed E-state index contributed by atoms with van der Waals surface area (Å²) in [5, 5.41) is 9.55. The summed E-state index contributed by atoms with van der Waals surface area (Å²) in [5.74, 6) is 1.02. The van der Waals surface area contributed by atoms with E-state index in [4.69, 9.17) is 4.74 Å². The van der Waals surface area contributed by atoms with E-state index in [0.29, 0.717) is 13.0 Å². The fourth-order valence-electron chi connectivity index (χ4n) is 1.33. The summed E-state index contributed by atoms with van der Waals surface area (Å²) in [6, 6.07) is 0. The highest BCUT2D eigenvalue weighted by atomic mass is 16.5. The first kappa shape index (κ1) is 11.2. The van der Waals surface area contributed by atoms with Crippen molar-refractivity contribution in [1.82, 2.24) is 9.55 Å². The molecule has 0 aliphatic heterocycles. The molecule has 14 heavy (non-hydrogen) atoms. The van der Waals surface area contributed by atoms with Gasteiger partial charge in [0.1, 0.15) is 5.82 Å². The Labute approximate surface area is 84.5 Å². The predicted octanol–water partition coefficient (Wildman–Crippen LogP) is 0.750. The zero-order valence-electron chi connectivity index (χ0n) is 8.81. The zero-order valence-corrected chi connectivity index (χ0v) is 8.81. The predicted molar refractivity (Wildman–Crippen MR) is 54.0 cm³/mol. The fourth-order valence-corrected chi connectivity index (χ4v) is 1.33. The molecule has 4 heteroatoms. The Hall–Kier alpha value is -0.870. The first-order valence-corrected chi connectivity index (χ1v) is 4.87. The van der Waals surface area contributed by atoms with Gasteiger partial charge >= 0.3 is 0 Å². The van der Waals surface area contributed by atoms with Gasteiger partial charge in [0.15, 0.2) is 0 Å². The first-order chi connectivity index (χ1) is 6.74. The Kier molecular flexibility index (Phi) is 4.62. The minimum atomic E-state index is -0.286. The van der Waals surface area contributed by atoms with Gasteiger partial charge in [-0.2, -0.15) is 0 Å². The SMILES string of the molecule is COCCC(O)CCc1nccn1C. The minimum absolute atomic E-state index is 0.286. The molecule has 0 spiro atoms. The molecule has 1 aromatic heterocycles. The van der Waals surface area contributed by atoms with Crippen molar-refractivity contribution in [2.24, 2.45) is 7.05 Å². The molecule has 0 amide bonds. The van der Waals surface area contributed by atoms with Crippen LogP contribution < -0.4 is 0 Å². The van der Waals surface area contributed by atoms with Crippen LogP contribution in [0.3, 0.4) is 0 Å². The number of methoxy groups -OCH3 is 1. The van der Waals surface area contributed by atoms with E-state index in [-0.39, 0.29) is 6.10 Å². The smallest absolute Gasteiger partial charge is 0.108 e. The van der Waals surface area contributed by atoms with Crippen LogP contribution >= 0.6 is 0 Å². The molecular weight excluding hydrogens is 180 g/mol. The van der Waals surface area contributed by atoms with Gasteiger partial charge in [-0.1, -0.05) is 0 Å². The van der Waals surface area contributed by atoms with E-state index < -0.39 is 0 Å². The second-order valence-electron chi connectivity index (χ2n) is 3.43. The number of nitrogens with zero attached hydrogens (tertiary/aromatic N) is 2. The average molecular weight is 198 g/mol. The van der Waals surface area contributed by atoms with Crippen LogP contribution in [-0.4, -0.2) is 34.5 Å². The van der Waals surface area contributed by atoms with Crippen LogP contribution in [0.5, 0.6) is 0 Å². The number of ether oxygens (including phenoxy) is 1. The van der Waals surface area contributed by atoms with Crippen molar-refractivity contribution in [3.8, 4) is 0 Å². The van der Waals surface area contributed by atoms with Crippen LogP contribution in [0.25, 0.3) is 0 Å². The molecule has 1 N–H and O–H groups in total. The van der Waals surface area contributed by atoms with Gasteiger partial charge in [-0.3, -0.25) is 0 Å². The third kappa shape index (κ3) is 3.47. The van der Waals surface area contributed by atoms with E-state index in [1.807, 2.05) is 17.8 Å². The number of rotatable bonds is 6. The van der Waals surface area contributed by atoms with Crippen molar-refractivity contribution in [3.63, 3.8) is 0 Å². The molecule has 0 aliphatic carbocycles. The summed E-state index contributed by atoms with van der Waals surface area (Å²) >= 11 is 0. The molecular formula is C10H18N2O2. The molecule has 0 bridgehead atoms. The van der Waals surface area contributed by atoms with Crippen LogP contribution in [0.1, 0.15) is 18.7 Å². The van der Waals surface area contributed by atoms with E-state index in [2.05, 4.69) is 4.98 Å². The molecule has 1 atom stereocenters. The molecule has 80 valence electrons. The molecule has 0 radical (unpaired) electrons. The molecule has 4 nitrogen and oxygen atoms in total. The third-order valence-corrected chi connectivity index (χ3v) is 2.28. The average Bonchev–Trinajstić information content (AvgIpc) is 2.58. The maximum Gasteiger partial charge on any atom is 0.108 e. The Morgan fingerprint density at radius 1 is 1.57 bits per heavy atom. The summed E-state index contributed by atoms with van der Waals surface area (Å²) < 4.78 is 6.87. The highest BCUT2D eigenvalue weighted by Gasteiger charge is 2.06. The van der Waals surface area contributed by atoms with Crippen molar-refractivity contribution in [2.75, 3.05) is 13.7 Å². The van der Waals surface area contributed by atoms with Crippen LogP contribution in [0.2, 0.25) is 0 Å². The number of hydrogen-bond donors (Lipinski definition) is 1. The minimum Gasteiger partial charge on any atom is -0.393 e. The lowest BCUT2D eigenvalue weighted by Gasteiger charge is -2.09. The van der Waals surface area contributed by atoms with Gasteiger partial charge < -0.3 is 14.4 Å². The van der Waals surface area contributed by atoms with E-state index in [0.717, 1.165) is 18.7 Å². The largest absolute Gasteiger partial charge is 0.393 e. The maximum atomic E-state index is 9.55. The van der Waals surface area contributed by atoms with Gasteiger partial charge in [0, 0.05) is 39.6 Å². The fraction of sp³-hybridized carbons (Fsp3) is 0.700. The Bertz CT molecular complexity index is 260. The van der Waals surface area contributed by atoms with E-state index in [9.17, 15) is 5.11 Å². The van der Waals surface area contributed by atoms with E-state index in [1.165, 1.54) is 0 Å². The third-order valence-electron chi connectivity index (χ3n) is 2.28. The second kappa shape index (κ2) is 5.78. The van der Waals surface area contributed by atoms with Crippen molar-refractivity contribution in [1.29, 1.82) is 0 Å². The van der Waals surface area contributed by atoms with Crippen LogP contribution in [0.4, 0.5) is 0 Å². The normalized spacial score (nSPS) is 13.1. The maximum absolute atomic E-state index is 9.55. The zero-order chi connectivity index (χ0) is 10.4. The van der Waals surface area contributed by atoms with E-state index >= 15 is 0 Å². The standard InChI is InChI=1S/C10H18N2O2/c1-12-7-6-11-10(12)4-3-9(13)5-8-14-2/h6-7,9,13H,3-5,8H2,1-2H3. The summed E-state index contributed by atoms with van der Waals surface area (Å²) in [4.78, 5) is 4.19. The van der Waals surface area contributed by atoms with Gasteiger partial charge in [0.2, 0.25) is 0 Å². The highest BCUT2D eigenvalue weighted by Crippen LogP contribution is 2.04. The molecule has 1 unspecified atom stereocenters. The van der Waals surface area contributed by atoms with Crippen molar-refractivity contribution in [2.45, 2.75) is 25.4 Å². The molecule has 0 fully saturated rings. The number of aliphatic hydroxyl groups is 1. The van der Waals surface area contributed by atoms with Crippen LogP contribution in [-0.2, 0) is 18.2 Å². The highest BCUT2D eigenvalue weighted by molar-refractivity contribution is 4.91. The Morgan fingerprint density at radius 2 is 2.36 bits per heavy atom. The molecule has 1 heterocycles. The molecule has 1 rings (SSSR count). The second-order valence-corrected chi connectivity index (χ2v) is 3.43. The quantitative estimate of drug-likeness (QED) is 0.733. The number of imidazole rings is 1. The van der Waals surface area contributed by atoms with Crippen LogP contribution in [0, 0.1) is 0 Å². The van der Waals surface area contributed by atoms with Crippen molar-refractivity contribution in [3.05, 3.63) is 18.2 Å².